The van der Waals surface area contributed by atoms with Crippen LogP contribution in [0.4, 0.5) is 5.82 Å². The second-order valence-electron chi connectivity index (χ2n) is 6.52. The largest absolute Gasteiger partial charge is 0.309 e. The van der Waals surface area contributed by atoms with E-state index in [-0.39, 0.29) is 11.8 Å². The lowest BCUT2D eigenvalue weighted by Gasteiger charge is -2.29. The van der Waals surface area contributed by atoms with Crippen LogP contribution in [0.25, 0.3) is 0 Å². The Labute approximate surface area is 168 Å². The van der Waals surface area contributed by atoms with Crippen LogP contribution in [0.3, 0.4) is 0 Å². The fourth-order valence-electron chi connectivity index (χ4n) is 3.04. The summed E-state index contributed by atoms with van der Waals surface area (Å²) in [6, 6.07) is 7.00. The van der Waals surface area contributed by atoms with Gasteiger partial charge in [0, 0.05) is 46.9 Å². The van der Waals surface area contributed by atoms with Crippen molar-refractivity contribution in [1.82, 2.24) is 14.1 Å². The van der Waals surface area contributed by atoms with Crippen LogP contribution in [0.2, 0.25) is 10.0 Å². The topological polar surface area (TPSA) is 84.3 Å². The molecule has 1 saturated heterocycles. The fraction of sp³-hybridized carbons (Fsp3) is 0.412. The molecule has 0 unspecified atom stereocenters. The van der Waals surface area contributed by atoms with Crippen LogP contribution in [0.5, 0.6) is 0 Å². The summed E-state index contributed by atoms with van der Waals surface area (Å²) in [5.74, 6) is 0.0593. The summed E-state index contributed by atoms with van der Waals surface area (Å²) in [5, 5.41) is 8.25. The minimum absolute atomic E-state index is 0.149. The summed E-state index contributed by atoms with van der Waals surface area (Å²) >= 11 is 12.3. The number of amides is 1. The van der Waals surface area contributed by atoms with Crippen molar-refractivity contribution in [2.45, 2.75) is 19.4 Å². The first-order chi connectivity index (χ1) is 12.7. The predicted octanol–water partition coefficient (Wildman–Crippen LogP) is 2.85. The van der Waals surface area contributed by atoms with Crippen LogP contribution < -0.4 is 5.32 Å². The summed E-state index contributed by atoms with van der Waals surface area (Å²) in [6.07, 6.45) is 3.91. The minimum Gasteiger partial charge on any atom is -0.309 e. The Bertz CT molecular complexity index is 917. The second kappa shape index (κ2) is 8.18. The minimum atomic E-state index is -3.20. The van der Waals surface area contributed by atoms with Gasteiger partial charge in [-0.1, -0.05) is 29.3 Å². The van der Waals surface area contributed by atoms with Crippen molar-refractivity contribution in [2.75, 3.05) is 24.7 Å². The lowest BCUT2D eigenvalue weighted by atomic mass is 9.97. The van der Waals surface area contributed by atoms with E-state index in [2.05, 4.69) is 10.4 Å². The number of nitrogens with zero attached hydrogens (tertiary/aromatic N) is 3. The normalized spacial score (nSPS) is 16.4. The van der Waals surface area contributed by atoms with Gasteiger partial charge in [-0.05, 0) is 25.0 Å². The maximum atomic E-state index is 12.4. The fourth-order valence-corrected chi connectivity index (χ4v) is 4.43. The van der Waals surface area contributed by atoms with E-state index in [1.54, 1.807) is 35.1 Å². The zero-order chi connectivity index (χ0) is 19.6. The van der Waals surface area contributed by atoms with Crippen molar-refractivity contribution in [3.8, 4) is 0 Å². The molecule has 10 heteroatoms. The van der Waals surface area contributed by atoms with Crippen molar-refractivity contribution < 1.29 is 13.2 Å². The van der Waals surface area contributed by atoms with Gasteiger partial charge in [-0.3, -0.25) is 9.48 Å². The number of anilines is 1. The third-order valence-electron chi connectivity index (χ3n) is 4.57. The molecule has 3 rings (SSSR count). The van der Waals surface area contributed by atoms with E-state index in [1.807, 2.05) is 0 Å². The molecule has 1 amide bonds. The molecule has 1 aromatic carbocycles. The van der Waals surface area contributed by atoms with Crippen LogP contribution in [-0.2, 0) is 21.4 Å². The van der Waals surface area contributed by atoms with Gasteiger partial charge in [0.2, 0.25) is 15.9 Å². The third-order valence-corrected chi connectivity index (χ3v) is 6.58. The Balaban J connectivity index is 1.59. The van der Waals surface area contributed by atoms with Gasteiger partial charge >= 0.3 is 0 Å². The summed E-state index contributed by atoms with van der Waals surface area (Å²) in [5.41, 5.74) is 0.759. The summed E-state index contributed by atoms with van der Waals surface area (Å²) < 4.78 is 26.1. The van der Waals surface area contributed by atoms with E-state index in [4.69, 9.17) is 23.2 Å². The summed E-state index contributed by atoms with van der Waals surface area (Å²) in [4.78, 5) is 12.4. The van der Waals surface area contributed by atoms with Gasteiger partial charge in [0.25, 0.3) is 0 Å². The molecule has 1 aromatic heterocycles. The van der Waals surface area contributed by atoms with Crippen molar-refractivity contribution in [1.29, 1.82) is 0 Å². The highest BCUT2D eigenvalue weighted by molar-refractivity contribution is 7.88. The van der Waals surface area contributed by atoms with Gasteiger partial charge in [0.15, 0.2) is 5.82 Å². The number of rotatable bonds is 5. The molecule has 27 heavy (non-hydrogen) atoms. The highest BCUT2D eigenvalue weighted by Crippen LogP contribution is 2.25. The average Bonchev–Trinajstić information content (AvgIpc) is 3.05. The lowest BCUT2D eigenvalue weighted by molar-refractivity contribution is -0.120. The number of aromatic nitrogens is 2. The van der Waals surface area contributed by atoms with Crippen molar-refractivity contribution in [2.24, 2.45) is 5.92 Å². The quantitative estimate of drug-likeness (QED) is 0.789. The standard InChI is InChI=1S/C17H20Cl2N4O3S/c1-27(25,26)23-9-5-12(6-10-23)17(24)20-16-7-8-22(21-16)11-13-14(18)3-2-4-15(13)19/h2-4,7-8,12H,5-6,9-11H2,1H3,(H,20,21,24). The predicted molar refractivity (Wildman–Crippen MR) is 106 cm³/mol. The Morgan fingerprint density at radius 3 is 2.44 bits per heavy atom. The Hall–Kier alpha value is -1.61. The molecule has 2 heterocycles. The SMILES string of the molecule is CS(=O)(=O)N1CCC(C(=O)Nc2ccn(Cc3c(Cl)cccc3Cl)n2)CC1. The third kappa shape index (κ3) is 5.01. The average molecular weight is 431 g/mol. The molecular weight excluding hydrogens is 411 g/mol. The van der Waals surface area contributed by atoms with Gasteiger partial charge in [-0.25, -0.2) is 12.7 Å². The maximum Gasteiger partial charge on any atom is 0.228 e. The number of piperidine rings is 1. The van der Waals surface area contributed by atoms with Gasteiger partial charge < -0.3 is 5.32 Å². The molecule has 1 N–H and O–H groups in total. The molecule has 2 aromatic rings. The van der Waals surface area contributed by atoms with Crippen LogP contribution in [0.15, 0.2) is 30.5 Å². The molecule has 1 fully saturated rings. The van der Waals surface area contributed by atoms with Gasteiger partial charge in [0.1, 0.15) is 0 Å². The summed E-state index contributed by atoms with van der Waals surface area (Å²) in [6.45, 7) is 1.11. The smallest absolute Gasteiger partial charge is 0.228 e. The van der Waals surface area contributed by atoms with Crippen molar-refractivity contribution in [3.05, 3.63) is 46.1 Å². The highest BCUT2D eigenvalue weighted by Gasteiger charge is 2.29. The number of benzene rings is 1. The zero-order valence-electron chi connectivity index (χ0n) is 14.7. The number of hydrogen-bond donors (Lipinski definition) is 1. The number of nitrogens with one attached hydrogen (secondary N) is 1. The number of sulfonamides is 1. The maximum absolute atomic E-state index is 12.4. The zero-order valence-corrected chi connectivity index (χ0v) is 17.1. The molecule has 0 spiro atoms. The molecular formula is C17H20Cl2N4O3S. The molecule has 0 atom stereocenters. The highest BCUT2D eigenvalue weighted by atomic mass is 35.5. The Morgan fingerprint density at radius 2 is 1.85 bits per heavy atom. The van der Waals surface area contributed by atoms with Crippen molar-refractivity contribution >= 4 is 45.0 Å². The first-order valence-corrected chi connectivity index (χ1v) is 11.1. The molecule has 1 aliphatic rings. The van der Waals surface area contributed by atoms with Crippen LogP contribution in [0, 0.1) is 5.92 Å². The number of carbonyl (C=O) groups is 1. The van der Waals surface area contributed by atoms with Gasteiger partial charge in [-0.2, -0.15) is 5.10 Å². The second-order valence-corrected chi connectivity index (χ2v) is 9.32. The van der Waals surface area contributed by atoms with E-state index >= 15 is 0 Å². The van der Waals surface area contributed by atoms with Crippen LogP contribution >= 0.6 is 23.2 Å². The molecule has 146 valence electrons. The van der Waals surface area contributed by atoms with E-state index < -0.39 is 10.0 Å². The van der Waals surface area contributed by atoms with Crippen LogP contribution in [0.1, 0.15) is 18.4 Å². The number of halogens is 2. The van der Waals surface area contributed by atoms with Crippen LogP contribution in [-0.4, -0.2) is 47.8 Å². The first kappa shape index (κ1) is 20.1. The van der Waals surface area contributed by atoms with Gasteiger partial charge in [-0.15, -0.1) is 0 Å². The lowest BCUT2D eigenvalue weighted by Crippen LogP contribution is -2.40. The molecule has 1 aliphatic heterocycles. The summed E-state index contributed by atoms with van der Waals surface area (Å²) in [7, 11) is -3.20. The molecule has 0 saturated carbocycles. The molecule has 0 radical (unpaired) electrons. The van der Waals surface area contributed by atoms with E-state index in [1.165, 1.54) is 10.6 Å². The Kier molecular flexibility index (Phi) is 6.10. The number of hydrogen-bond acceptors (Lipinski definition) is 4. The molecule has 7 nitrogen and oxygen atoms in total. The number of carbonyl (C=O) groups excluding carboxylic acids is 1. The molecule has 0 bridgehead atoms. The van der Waals surface area contributed by atoms with Gasteiger partial charge in [0.05, 0.1) is 12.8 Å². The van der Waals surface area contributed by atoms with E-state index in [0.717, 1.165) is 5.56 Å². The van der Waals surface area contributed by atoms with E-state index in [9.17, 15) is 13.2 Å². The van der Waals surface area contributed by atoms with E-state index in [0.29, 0.717) is 48.3 Å². The van der Waals surface area contributed by atoms with Crippen molar-refractivity contribution in [3.63, 3.8) is 0 Å². The monoisotopic (exact) mass is 430 g/mol. The first-order valence-electron chi connectivity index (χ1n) is 8.46. The Morgan fingerprint density at radius 1 is 1.22 bits per heavy atom. The molecule has 0 aliphatic carbocycles.